The Hall–Kier alpha value is -3.30. The number of benzene rings is 2. The third-order valence-corrected chi connectivity index (χ3v) is 5.97. The van der Waals surface area contributed by atoms with Crippen LogP contribution < -0.4 is 31.2 Å². The van der Waals surface area contributed by atoms with Crippen molar-refractivity contribution in [1.82, 2.24) is 16.0 Å². The largest absolute Gasteiger partial charge is 0.395 e. The minimum absolute atomic E-state index is 0.233. The molecule has 2 atom stereocenters. The number of hydrogen-bond donors (Lipinski definition) is 5. The summed E-state index contributed by atoms with van der Waals surface area (Å²) >= 11 is 11.8. The number of halogens is 2. The Morgan fingerprint density at radius 2 is 1.52 bits per heavy atom. The van der Waals surface area contributed by atoms with Crippen molar-refractivity contribution in [1.29, 1.82) is 0 Å². The fourth-order valence-corrected chi connectivity index (χ4v) is 4.14. The molecule has 4 rings (SSSR count). The van der Waals surface area contributed by atoms with Crippen LogP contribution in [0.1, 0.15) is 25.7 Å². The van der Waals surface area contributed by atoms with Crippen molar-refractivity contribution in [3.05, 3.63) is 58.6 Å². The fraction of sp³-hybridized carbons (Fsp3) is 0.273. The first kappa shape index (κ1) is 22.9. The molecule has 9 nitrogen and oxygen atoms in total. The SMILES string of the molecule is O=C(NC(=O)N(C(=O)NC1=[NH+][C@H]2CCCC[C@@H]2N1)c1ccc(Cl)cc1)Nc1ccc(Cl)cc1. The normalized spacial score (nSPS) is 18.9. The topological polar surface area (TPSA) is 117 Å². The quantitative estimate of drug-likeness (QED) is 0.445. The Bertz CT molecular complexity index is 1070. The second-order valence-corrected chi connectivity index (χ2v) is 8.67. The second-order valence-electron chi connectivity index (χ2n) is 7.79. The maximum absolute atomic E-state index is 13.1. The highest BCUT2D eigenvalue weighted by molar-refractivity contribution is 6.31. The number of nitrogens with zero attached hydrogens (tertiary/aromatic N) is 1. The highest BCUT2D eigenvalue weighted by Crippen LogP contribution is 2.20. The molecular formula is C22H23Cl2N6O3+. The Kier molecular flexibility index (Phi) is 7.00. The van der Waals surface area contributed by atoms with Gasteiger partial charge in [0.15, 0.2) is 0 Å². The van der Waals surface area contributed by atoms with Gasteiger partial charge in [0.25, 0.3) is 0 Å². The number of amides is 6. The molecule has 5 N–H and O–H groups in total. The Balaban J connectivity index is 1.47. The lowest BCUT2D eigenvalue weighted by molar-refractivity contribution is -0.500. The number of carbonyl (C=O) groups excluding carboxylic acids is 3. The number of rotatable bonds is 2. The summed E-state index contributed by atoms with van der Waals surface area (Å²) in [6.07, 6.45) is 4.25. The zero-order chi connectivity index (χ0) is 23.4. The summed E-state index contributed by atoms with van der Waals surface area (Å²) in [5.41, 5.74) is 0.675. The van der Waals surface area contributed by atoms with Crippen molar-refractivity contribution in [3.8, 4) is 0 Å². The Morgan fingerprint density at radius 3 is 2.18 bits per heavy atom. The smallest absolute Gasteiger partial charge is 0.308 e. The van der Waals surface area contributed by atoms with Crippen molar-refractivity contribution < 1.29 is 19.4 Å². The summed E-state index contributed by atoms with van der Waals surface area (Å²) < 4.78 is 0. The minimum Gasteiger partial charge on any atom is -0.308 e. The lowest BCUT2D eigenvalue weighted by Crippen LogP contribution is -2.81. The molecule has 0 unspecified atom stereocenters. The molecule has 2 aromatic rings. The van der Waals surface area contributed by atoms with Gasteiger partial charge in [-0.2, -0.15) is 10.2 Å². The van der Waals surface area contributed by atoms with Gasteiger partial charge in [-0.1, -0.05) is 23.2 Å². The Morgan fingerprint density at radius 1 is 0.879 bits per heavy atom. The molecule has 2 aromatic carbocycles. The van der Waals surface area contributed by atoms with E-state index in [0.717, 1.165) is 30.6 Å². The molecule has 1 fully saturated rings. The summed E-state index contributed by atoms with van der Waals surface area (Å²) in [4.78, 5) is 42.5. The number of fused-ring (bicyclic) bond motifs is 1. The summed E-state index contributed by atoms with van der Waals surface area (Å²) in [6, 6.07) is 10.5. The molecule has 2 aliphatic rings. The van der Waals surface area contributed by atoms with Gasteiger partial charge in [-0.3, -0.25) is 15.6 Å². The van der Waals surface area contributed by atoms with Crippen molar-refractivity contribution in [2.45, 2.75) is 37.8 Å². The van der Waals surface area contributed by atoms with Crippen LogP contribution in [-0.2, 0) is 0 Å². The first-order chi connectivity index (χ1) is 15.9. The van der Waals surface area contributed by atoms with E-state index in [1.807, 2.05) is 0 Å². The molecule has 0 aromatic heterocycles. The fourth-order valence-electron chi connectivity index (χ4n) is 3.89. The number of anilines is 2. The van der Waals surface area contributed by atoms with E-state index in [0.29, 0.717) is 21.7 Å². The summed E-state index contributed by atoms with van der Waals surface area (Å²) in [6.45, 7) is 0. The summed E-state index contributed by atoms with van der Waals surface area (Å²) in [5.74, 6) is 0.439. The summed E-state index contributed by atoms with van der Waals surface area (Å²) in [5, 5.41) is 11.6. The molecular weight excluding hydrogens is 467 g/mol. The molecule has 11 heteroatoms. The van der Waals surface area contributed by atoms with Crippen LogP contribution in [0.25, 0.3) is 0 Å². The lowest BCUT2D eigenvalue weighted by Gasteiger charge is -2.20. The highest BCUT2D eigenvalue weighted by atomic mass is 35.5. The van der Waals surface area contributed by atoms with Crippen LogP contribution in [0.3, 0.4) is 0 Å². The maximum atomic E-state index is 13.1. The molecule has 0 bridgehead atoms. The van der Waals surface area contributed by atoms with Crippen LogP contribution in [0.4, 0.5) is 25.8 Å². The Labute approximate surface area is 200 Å². The average Bonchev–Trinajstić information content (AvgIpc) is 3.19. The lowest BCUT2D eigenvalue weighted by atomic mass is 9.92. The molecule has 1 aliphatic heterocycles. The third-order valence-electron chi connectivity index (χ3n) is 5.47. The van der Waals surface area contributed by atoms with Crippen LogP contribution >= 0.6 is 23.2 Å². The van der Waals surface area contributed by atoms with E-state index in [2.05, 4.69) is 26.3 Å². The average molecular weight is 490 g/mol. The van der Waals surface area contributed by atoms with Crippen LogP contribution in [0, 0.1) is 0 Å². The standard InChI is InChI=1S/C22H22Cl2N6O3/c23-13-5-9-15(10-6-13)25-20(31)29-22(33)30(16-11-7-14(24)8-12-16)21(32)28-19-26-17-3-1-2-4-18(17)27-19/h5-12,17-18H,1-4H2,(H2,25,29,31,33)(H2,26,27,28,32)/p+1/t17-,18-/m0/s1. The predicted octanol–water partition coefficient (Wildman–Crippen LogP) is 2.80. The van der Waals surface area contributed by atoms with Gasteiger partial charge in [-0.25, -0.2) is 14.4 Å². The van der Waals surface area contributed by atoms with Crippen LogP contribution in [0.2, 0.25) is 10.0 Å². The predicted molar refractivity (Wildman–Crippen MR) is 127 cm³/mol. The molecule has 1 saturated carbocycles. The zero-order valence-electron chi connectivity index (χ0n) is 17.5. The highest BCUT2D eigenvalue weighted by Gasteiger charge is 2.38. The minimum atomic E-state index is -0.933. The van der Waals surface area contributed by atoms with Gasteiger partial charge in [0, 0.05) is 15.7 Å². The number of imide groups is 2. The van der Waals surface area contributed by atoms with E-state index in [-0.39, 0.29) is 17.8 Å². The van der Waals surface area contributed by atoms with E-state index in [1.54, 1.807) is 36.4 Å². The first-order valence-electron chi connectivity index (χ1n) is 10.5. The van der Waals surface area contributed by atoms with Gasteiger partial charge >= 0.3 is 24.1 Å². The zero-order valence-corrected chi connectivity index (χ0v) is 19.0. The molecule has 1 aliphatic carbocycles. The van der Waals surface area contributed by atoms with E-state index in [1.165, 1.54) is 12.1 Å². The molecule has 1 heterocycles. The van der Waals surface area contributed by atoms with Gasteiger partial charge in [0.05, 0.1) is 5.69 Å². The van der Waals surface area contributed by atoms with Gasteiger partial charge in [-0.15, -0.1) is 0 Å². The van der Waals surface area contributed by atoms with Gasteiger partial charge in [-0.05, 0) is 74.2 Å². The molecule has 6 amide bonds. The third kappa shape index (κ3) is 5.74. The van der Waals surface area contributed by atoms with E-state index >= 15 is 0 Å². The molecule has 0 spiro atoms. The number of nitrogens with one attached hydrogen (secondary N) is 5. The second kappa shape index (κ2) is 10.1. The van der Waals surface area contributed by atoms with Crippen LogP contribution in [0.15, 0.2) is 48.5 Å². The van der Waals surface area contributed by atoms with E-state index in [9.17, 15) is 14.4 Å². The number of urea groups is 3. The maximum Gasteiger partial charge on any atom is 0.395 e. The number of guanidine groups is 1. The number of carbonyl (C=O) groups is 3. The van der Waals surface area contributed by atoms with Gasteiger partial charge < -0.3 is 5.32 Å². The monoisotopic (exact) mass is 489 g/mol. The summed E-state index contributed by atoms with van der Waals surface area (Å²) in [7, 11) is 0. The molecule has 0 saturated heterocycles. The van der Waals surface area contributed by atoms with Crippen LogP contribution in [-0.4, -0.2) is 36.1 Å². The molecule has 33 heavy (non-hydrogen) atoms. The number of hydrogen-bond acceptors (Lipinski definition) is 4. The van der Waals surface area contributed by atoms with Crippen LogP contribution in [0.5, 0.6) is 0 Å². The van der Waals surface area contributed by atoms with E-state index in [4.69, 9.17) is 23.2 Å². The molecule has 0 radical (unpaired) electrons. The van der Waals surface area contributed by atoms with Gasteiger partial charge in [0.2, 0.25) is 0 Å². The van der Waals surface area contributed by atoms with Crippen molar-refractivity contribution in [3.63, 3.8) is 0 Å². The van der Waals surface area contributed by atoms with Crippen molar-refractivity contribution in [2.24, 2.45) is 0 Å². The van der Waals surface area contributed by atoms with Gasteiger partial charge in [0.1, 0.15) is 12.1 Å². The van der Waals surface area contributed by atoms with Crippen molar-refractivity contribution in [2.75, 3.05) is 10.2 Å². The molecule has 172 valence electrons. The van der Waals surface area contributed by atoms with E-state index < -0.39 is 18.1 Å². The first-order valence-corrected chi connectivity index (χ1v) is 11.3. The van der Waals surface area contributed by atoms with Crippen molar-refractivity contribution >= 4 is 58.6 Å².